The number of halogens is 3. The number of benzene rings is 1. The molecule has 1 unspecified atom stereocenters. The maximum Gasteiger partial charge on any atom is 0.433 e. The number of alkyl halides is 3. The monoisotopic (exact) mass is 447 g/mol. The summed E-state index contributed by atoms with van der Waals surface area (Å²) in [7, 11) is 0. The van der Waals surface area contributed by atoms with E-state index in [0.29, 0.717) is 17.8 Å². The number of hydrogen-bond acceptors (Lipinski definition) is 5. The number of aromatic nitrogens is 1. The van der Waals surface area contributed by atoms with Crippen LogP contribution in [-0.2, 0) is 17.5 Å². The molecule has 1 aromatic heterocycles. The summed E-state index contributed by atoms with van der Waals surface area (Å²) in [5, 5.41) is 8.27. The molecule has 3 heterocycles. The van der Waals surface area contributed by atoms with Crippen molar-refractivity contribution in [3.63, 3.8) is 0 Å². The van der Waals surface area contributed by atoms with Crippen LogP contribution in [0.3, 0.4) is 0 Å². The second-order valence-corrected chi connectivity index (χ2v) is 7.47. The van der Waals surface area contributed by atoms with Gasteiger partial charge >= 0.3 is 18.3 Å². The highest BCUT2D eigenvalue weighted by Gasteiger charge is 2.40. The molecule has 1 fully saturated rings. The predicted molar refractivity (Wildman–Crippen MR) is 108 cm³/mol. The van der Waals surface area contributed by atoms with Crippen LogP contribution in [-0.4, -0.2) is 58.5 Å². The molecule has 32 heavy (non-hydrogen) atoms. The molecule has 4 rings (SSSR count). The van der Waals surface area contributed by atoms with E-state index in [1.807, 2.05) is 31.2 Å². The topological polar surface area (TPSA) is 87.1 Å². The van der Waals surface area contributed by atoms with Crippen LogP contribution < -0.4 is 5.32 Å². The van der Waals surface area contributed by atoms with E-state index in [4.69, 9.17) is 4.74 Å². The quantitative estimate of drug-likeness (QED) is 0.780. The van der Waals surface area contributed by atoms with Crippen molar-refractivity contribution in [1.82, 2.24) is 20.2 Å². The molecule has 0 saturated carbocycles. The summed E-state index contributed by atoms with van der Waals surface area (Å²) in [4.78, 5) is 29.7. The number of nitrogens with one attached hydrogen (secondary N) is 1. The van der Waals surface area contributed by atoms with Crippen molar-refractivity contribution in [3.8, 4) is 0 Å². The number of pyridine rings is 1. The lowest BCUT2D eigenvalue weighted by atomic mass is 10.0. The van der Waals surface area contributed by atoms with Gasteiger partial charge in [0.25, 0.3) is 0 Å². The number of rotatable bonds is 4. The van der Waals surface area contributed by atoms with Crippen molar-refractivity contribution in [2.75, 3.05) is 19.7 Å². The van der Waals surface area contributed by atoms with Gasteiger partial charge in [-0.2, -0.15) is 18.3 Å². The third-order valence-corrected chi connectivity index (χ3v) is 5.20. The summed E-state index contributed by atoms with van der Waals surface area (Å²) in [5.74, 6) is 0. The van der Waals surface area contributed by atoms with Gasteiger partial charge < -0.3 is 10.1 Å². The maximum atomic E-state index is 12.7. The molecule has 2 aliphatic heterocycles. The van der Waals surface area contributed by atoms with Gasteiger partial charge in [0, 0.05) is 12.7 Å². The summed E-state index contributed by atoms with van der Waals surface area (Å²) in [6.07, 6.45) is -3.92. The van der Waals surface area contributed by atoms with Crippen molar-refractivity contribution in [2.45, 2.75) is 25.7 Å². The number of nitrogens with zero attached hydrogens (tertiary/aromatic N) is 4. The van der Waals surface area contributed by atoms with Crippen LogP contribution in [0.15, 0.2) is 47.7 Å². The fourth-order valence-corrected chi connectivity index (χ4v) is 3.49. The molecule has 1 saturated heterocycles. The molecule has 3 amide bonds. The average molecular weight is 447 g/mol. The van der Waals surface area contributed by atoms with Gasteiger partial charge in [-0.15, -0.1) is 0 Å². The number of cyclic esters (lactones) is 1. The summed E-state index contributed by atoms with van der Waals surface area (Å²) < 4.78 is 43.0. The Balaban J connectivity index is 1.48. The number of hydrogen-bond donors (Lipinski definition) is 1. The van der Waals surface area contributed by atoms with Crippen LogP contribution in [0.4, 0.5) is 22.8 Å². The molecule has 2 aliphatic rings. The third-order valence-electron chi connectivity index (χ3n) is 5.20. The number of carbonyl (C=O) groups excluding carboxylic acids is 2. The molecule has 0 bridgehead atoms. The summed E-state index contributed by atoms with van der Waals surface area (Å²) in [6.45, 7) is 2.72. The molecule has 0 aliphatic carbocycles. The van der Waals surface area contributed by atoms with E-state index in [9.17, 15) is 22.8 Å². The zero-order chi connectivity index (χ0) is 22.9. The Morgan fingerprint density at radius 1 is 1.22 bits per heavy atom. The zero-order valence-electron chi connectivity index (χ0n) is 17.1. The van der Waals surface area contributed by atoms with Crippen molar-refractivity contribution in [2.24, 2.45) is 5.10 Å². The van der Waals surface area contributed by atoms with Crippen molar-refractivity contribution < 1.29 is 27.5 Å². The van der Waals surface area contributed by atoms with E-state index < -0.39 is 30.0 Å². The van der Waals surface area contributed by atoms with Crippen LogP contribution in [0.2, 0.25) is 0 Å². The molecule has 1 aromatic carbocycles. The molecule has 8 nitrogen and oxygen atoms in total. The van der Waals surface area contributed by atoms with E-state index in [1.165, 1.54) is 16.0 Å². The lowest BCUT2D eigenvalue weighted by Crippen LogP contribution is -2.45. The zero-order valence-corrected chi connectivity index (χ0v) is 17.1. The highest BCUT2D eigenvalue weighted by Crippen LogP contribution is 2.27. The maximum absolute atomic E-state index is 12.7. The van der Waals surface area contributed by atoms with Gasteiger partial charge in [0.05, 0.1) is 24.8 Å². The normalized spacial score (nSPS) is 18.6. The van der Waals surface area contributed by atoms with Crippen LogP contribution in [0, 0.1) is 6.92 Å². The Bertz CT molecular complexity index is 1040. The molecule has 1 atom stereocenters. The van der Waals surface area contributed by atoms with Gasteiger partial charge in [-0.05, 0) is 24.1 Å². The number of ether oxygens (including phenoxy) is 1. The largest absolute Gasteiger partial charge is 0.448 e. The molecule has 0 radical (unpaired) electrons. The summed E-state index contributed by atoms with van der Waals surface area (Å²) in [5.41, 5.74) is 1.81. The minimum atomic E-state index is -4.52. The number of amides is 3. The molecule has 2 aromatic rings. The fourth-order valence-electron chi connectivity index (χ4n) is 3.49. The highest BCUT2D eigenvalue weighted by molar-refractivity contribution is 6.07. The van der Waals surface area contributed by atoms with Crippen molar-refractivity contribution in [3.05, 3.63) is 65.0 Å². The predicted octanol–water partition coefficient (Wildman–Crippen LogP) is 3.16. The van der Waals surface area contributed by atoms with Gasteiger partial charge in [0.1, 0.15) is 12.3 Å². The summed E-state index contributed by atoms with van der Waals surface area (Å²) >= 11 is 0. The SMILES string of the molecule is Cc1ccc(C2=NN(C(=O)NCc3ccc(C(F)(F)F)nc3)CC2N2CCOC2=O)cc1. The standard InChI is InChI=1S/C21H20F3N5O3/c1-13-2-5-15(6-3-13)18-16(28-8-9-32-20(28)31)12-29(27-18)19(30)26-11-14-4-7-17(25-10-14)21(22,23)24/h2-7,10,16H,8-9,11-12H2,1H3,(H,26,30). The molecule has 168 valence electrons. The number of hydrazone groups is 1. The van der Waals surface area contributed by atoms with E-state index in [0.717, 1.165) is 23.4 Å². The smallest absolute Gasteiger partial charge is 0.433 e. The van der Waals surface area contributed by atoms with Gasteiger partial charge in [-0.1, -0.05) is 35.9 Å². The Labute approximate surface area is 181 Å². The molecule has 1 N–H and O–H groups in total. The lowest BCUT2D eigenvalue weighted by Gasteiger charge is -2.23. The minimum Gasteiger partial charge on any atom is -0.448 e. The Morgan fingerprint density at radius 2 is 1.97 bits per heavy atom. The first-order chi connectivity index (χ1) is 15.2. The van der Waals surface area contributed by atoms with Crippen LogP contribution in [0.25, 0.3) is 0 Å². The van der Waals surface area contributed by atoms with Gasteiger partial charge in [0.2, 0.25) is 0 Å². The van der Waals surface area contributed by atoms with Crippen molar-refractivity contribution >= 4 is 17.8 Å². The van der Waals surface area contributed by atoms with E-state index in [-0.39, 0.29) is 19.7 Å². The first-order valence-corrected chi connectivity index (χ1v) is 9.89. The van der Waals surface area contributed by atoms with Crippen molar-refractivity contribution in [1.29, 1.82) is 0 Å². The lowest BCUT2D eigenvalue weighted by molar-refractivity contribution is -0.141. The summed E-state index contributed by atoms with van der Waals surface area (Å²) in [6, 6.07) is 8.69. The third kappa shape index (κ3) is 4.51. The fraction of sp³-hybridized carbons (Fsp3) is 0.333. The molecule has 11 heteroatoms. The number of urea groups is 1. The Morgan fingerprint density at radius 3 is 2.56 bits per heavy atom. The second kappa shape index (κ2) is 8.48. The second-order valence-electron chi connectivity index (χ2n) is 7.47. The van der Waals surface area contributed by atoms with E-state index in [1.54, 1.807) is 0 Å². The highest BCUT2D eigenvalue weighted by atomic mass is 19.4. The number of carbonyl (C=O) groups is 2. The molecular weight excluding hydrogens is 427 g/mol. The van der Waals surface area contributed by atoms with Crippen LogP contribution >= 0.6 is 0 Å². The van der Waals surface area contributed by atoms with Gasteiger partial charge in [-0.25, -0.2) is 14.6 Å². The number of aryl methyl sites for hydroxylation is 1. The minimum absolute atomic E-state index is 0.0215. The van der Waals surface area contributed by atoms with Gasteiger partial charge in [-0.3, -0.25) is 9.88 Å². The molecule has 0 spiro atoms. The van der Waals surface area contributed by atoms with Crippen LogP contribution in [0.1, 0.15) is 22.4 Å². The average Bonchev–Trinajstić information content (AvgIpc) is 3.38. The Hall–Kier alpha value is -3.63. The first-order valence-electron chi connectivity index (χ1n) is 9.89. The van der Waals surface area contributed by atoms with E-state index >= 15 is 0 Å². The van der Waals surface area contributed by atoms with E-state index in [2.05, 4.69) is 15.4 Å². The van der Waals surface area contributed by atoms with Crippen LogP contribution in [0.5, 0.6) is 0 Å². The van der Waals surface area contributed by atoms with Gasteiger partial charge in [0.15, 0.2) is 0 Å². The molecular formula is C21H20F3N5O3. The Kier molecular flexibility index (Phi) is 5.72. The first kappa shape index (κ1) is 21.6.